The molecule has 1 aliphatic heterocycles. The standard InChI is InChI=1S/C17H16NO/c1-2-12-19-17-9-4-3-6-15(17)13-7-5-8-16-14(13)10-11-18-16/h3-11H,2,12H2,1H3. The predicted octanol–water partition coefficient (Wildman–Crippen LogP) is 4.36. The lowest BCUT2D eigenvalue weighted by Gasteiger charge is -2.13. The molecule has 1 radical (unpaired) electrons. The van der Waals surface area contributed by atoms with Crippen LogP contribution >= 0.6 is 0 Å². The van der Waals surface area contributed by atoms with Gasteiger partial charge in [0.25, 0.3) is 0 Å². The highest BCUT2D eigenvalue weighted by atomic mass is 16.5. The average Bonchev–Trinajstić information content (AvgIpc) is 2.94. The van der Waals surface area contributed by atoms with Gasteiger partial charge >= 0.3 is 0 Å². The molecule has 0 aliphatic carbocycles. The van der Waals surface area contributed by atoms with Gasteiger partial charge in [-0.1, -0.05) is 37.3 Å². The van der Waals surface area contributed by atoms with Gasteiger partial charge in [0.2, 0.25) is 0 Å². The van der Waals surface area contributed by atoms with Crippen molar-refractivity contribution < 1.29 is 4.74 Å². The summed E-state index contributed by atoms with van der Waals surface area (Å²) >= 11 is 0. The topological polar surface area (TPSA) is 23.3 Å². The van der Waals surface area contributed by atoms with Crippen LogP contribution in [0.1, 0.15) is 18.9 Å². The van der Waals surface area contributed by atoms with Crippen molar-refractivity contribution in [2.75, 3.05) is 6.61 Å². The van der Waals surface area contributed by atoms with Crippen molar-refractivity contribution in [3.8, 4) is 16.9 Å². The molecular weight excluding hydrogens is 234 g/mol. The van der Waals surface area contributed by atoms with Crippen LogP contribution in [-0.2, 0) is 0 Å². The summed E-state index contributed by atoms with van der Waals surface area (Å²) in [5.74, 6) is 0.943. The van der Waals surface area contributed by atoms with Gasteiger partial charge in [-0.25, -0.2) is 0 Å². The lowest BCUT2D eigenvalue weighted by molar-refractivity contribution is 0.318. The van der Waals surface area contributed by atoms with Crippen molar-refractivity contribution in [2.45, 2.75) is 13.3 Å². The van der Waals surface area contributed by atoms with Gasteiger partial charge in [0.05, 0.1) is 12.3 Å². The van der Waals surface area contributed by atoms with E-state index in [0.717, 1.165) is 30.0 Å². The fourth-order valence-corrected chi connectivity index (χ4v) is 2.29. The van der Waals surface area contributed by atoms with Crippen molar-refractivity contribution in [3.05, 3.63) is 54.2 Å². The monoisotopic (exact) mass is 250 g/mol. The van der Waals surface area contributed by atoms with Crippen LogP contribution in [0.5, 0.6) is 5.75 Å². The molecule has 95 valence electrons. The molecule has 0 aromatic heterocycles. The maximum absolute atomic E-state index is 5.85. The highest BCUT2D eigenvalue weighted by molar-refractivity contribution is 5.86. The molecule has 2 aromatic rings. The van der Waals surface area contributed by atoms with Crippen LogP contribution in [0.3, 0.4) is 0 Å². The average molecular weight is 250 g/mol. The Morgan fingerprint density at radius 1 is 1.00 bits per heavy atom. The SMILES string of the molecule is CCCOc1ccccc1-c1cccc2c1C=C[N]2. The van der Waals surface area contributed by atoms with Crippen LogP contribution in [0.15, 0.2) is 48.7 Å². The lowest BCUT2D eigenvalue weighted by atomic mass is 9.98. The van der Waals surface area contributed by atoms with Crippen LogP contribution in [0.4, 0.5) is 5.69 Å². The Morgan fingerprint density at radius 2 is 1.84 bits per heavy atom. The molecule has 0 bridgehead atoms. The fourth-order valence-electron chi connectivity index (χ4n) is 2.29. The minimum Gasteiger partial charge on any atom is -0.493 e. The molecular formula is C17H16NO. The molecule has 0 fully saturated rings. The minimum absolute atomic E-state index is 0.742. The van der Waals surface area contributed by atoms with Crippen LogP contribution in [-0.4, -0.2) is 6.61 Å². The molecule has 0 N–H and O–H groups in total. The number of rotatable bonds is 4. The molecule has 2 aromatic carbocycles. The first kappa shape index (κ1) is 11.8. The molecule has 1 heterocycles. The lowest BCUT2D eigenvalue weighted by Crippen LogP contribution is -1.97. The second-order valence-electron chi connectivity index (χ2n) is 4.53. The van der Waals surface area contributed by atoms with E-state index >= 15 is 0 Å². The highest BCUT2D eigenvalue weighted by Crippen LogP contribution is 2.37. The maximum atomic E-state index is 5.85. The van der Waals surface area contributed by atoms with Gasteiger partial charge in [0.15, 0.2) is 0 Å². The fraction of sp³-hybridized carbons (Fsp3) is 0.176. The molecule has 2 heteroatoms. The van der Waals surface area contributed by atoms with Crippen molar-refractivity contribution in [1.29, 1.82) is 0 Å². The molecule has 0 atom stereocenters. The van der Waals surface area contributed by atoms with E-state index < -0.39 is 0 Å². The van der Waals surface area contributed by atoms with Gasteiger partial charge in [-0.15, -0.1) is 0 Å². The number of hydrogen-bond donors (Lipinski definition) is 0. The number of hydrogen-bond acceptors (Lipinski definition) is 1. The highest BCUT2D eigenvalue weighted by Gasteiger charge is 2.14. The Bertz CT molecular complexity index is 616. The Kier molecular flexibility index (Phi) is 3.23. The molecule has 0 spiro atoms. The van der Waals surface area contributed by atoms with E-state index in [0.29, 0.717) is 0 Å². The van der Waals surface area contributed by atoms with Crippen molar-refractivity contribution in [3.63, 3.8) is 0 Å². The summed E-state index contributed by atoms with van der Waals surface area (Å²) in [4.78, 5) is 0. The zero-order valence-electron chi connectivity index (χ0n) is 11.0. The van der Waals surface area contributed by atoms with E-state index in [4.69, 9.17) is 4.74 Å². The smallest absolute Gasteiger partial charge is 0.127 e. The third-order valence-corrected chi connectivity index (χ3v) is 3.18. The summed E-state index contributed by atoms with van der Waals surface area (Å²) in [5.41, 5.74) is 4.52. The number of ether oxygens (including phenoxy) is 1. The van der Waals surface area contributed by atoms with Gasteiger partial charge in [0.1, 0.15) is 5.75 Å². The molecule has 0 saturated heterocycles. The molecule has 2 nitrogen and oxygen atoms in total. The summed E-state index contributed by atoms with van der Waals surface area (Å²) in [5, 5.41) is 4.36. The zero-order valence-corrected chi connectivity index (χ0v) is 11.0. The second-order valence-corrected chi connectivity index (χ2v) is 4.53. The summed E-state index contributed by atoms with van der Waals surface area (Å²) < 4.78 is 5.85. The van der Waals surface area contributed by atoms with E-state index in [2.05, 4.69) is 30.4 Å². The maximum Gasteiger partial charge on any atom is 0.127 e. The quantitative estimate of drug-likeness (QED) is 0.790. The molecule has 0 unspecified atom stereocenters. The Balaban J connectivity index is 2.07. The summed E-state index contributed by atoms with van der Waals surface area (Å²) in [6, 6.07) is 14.4. The van der Waals surface area contributed by atoms with Crippen molar-refractivity contribution in [1.82, 2.24) is 5.32 Å². The number of benzene rings is 2. The first-order valence-electron chi connectivity index (χ1n) is 6.63. The molecule has 0 amide bonds. The normalized spacial score (nSPS) is 12.1. The summed E-state index contributed by atoms with van der Waals surface area (Å²) in [7, 11) is 0. The van der Waals surface area contributed by atoms with Gasteiger partial charge in [-0.05, 0) is 30.2 Å². The predicted molar refractivity (Wildman–Crippen MR) is 78.5 cm³/mol. The van der Waals surface area contributed by atoms with Gasteiger partial charge < -0.3 is 4.74 Å². The number of fused-ring (bicyclic) bond motifs is 1. The molecule has 3 rings (SSSR count). The minimum atomic E-state index is 0.742. The molecule has 19 heavy (non-hydrogen) atoms. The Morgan fingerprint density at radius 3 is 2.74 bits per heavy atom. The van der Waals surface area contributed by atoms with Gasteiger partial charge in [0, 0.05) is 17.3 Å². The molecule has 1 aliphatic rings. The third-order valence-electron chi connectivity index (χ3n) is 3.18. The van der Waals surface area contributed by atoms with E-state index in [9.17, 15) is 0 Å². The van der Waals surface area contributed by atoms with Gasteiger partial charge in [-0.3, -0.25) is 5.32 Å². The first-order chi connectivity index (χ1) is 9.40. The Hall–Kier alpha value is -2.22. The second kappa shape index (κ2) is 5.19. The van der Waals surface area contributed by atoms with Gasteiger partial charge in [-0.2, -0.15) is 0 Å². The van der Waals surface area contributed by atoms with E-state index in [1.54, 1.807) is 0 Å². The first-order valence-corrected chi connectivity index (χ1v) is 6.63. The van der Waals surface area contributed by atoms with E-state index in [1.807, 2.05) is 36.5 Å². The number of para-hydroxylation sites is 1. The van der Waals surface area contributed by atoms with Crippen molar-refractivity contribution >= 4 is 11.8 Å². The van der Waals surface area contributed by atoms with E-state index in [-0.39, 0.29) is 0 Å². The van der Waals surface area contributed by atoms with E-state index in [1.165, 1.54) is 11.1 Å². The summed E-state index contributed by atoms with van der Waals surface area (Å²) in [6.07, 6.45) is 4.92. The molecule has 0 saturated carbocycles. The third kappa shape index (κ3) is 2.22. The van der Waals surface area contributed by atoms with Crippen LogP contribution < -0.4 is 10.1 Å². The van der Waals surface area contributed by atoms with Crippen LogP contribution in [0.25, 0.3) is 17.2 Å². The number of nitrogens with zero attached hydrogens (tertiary/aromatic N) is 1. The largest absolute Gasteiger partial charge is 0.493 e. The van der Waals surface area contributed by atoms with Crippen LogP contribution in [0.2, 0.25) is 0 Å². The zero-order chi connectivity index (χ0) is 13.1. The van der Waals surface area contributed by atoms with Crippen LogP contribution in [0, 0.1) is 0 Å². The summed E-state index contributed by atoms with van der Waals surface area (Å²) in [6.45, 7) is 2.86. The van der Waals surface area contributed by atoms with Crippen molar-refractivity contribution in [2.24, 2.45) is 0 Å². The Labute approximate surface area is 113 Å².